The van der Waals surface area contributed by atoms with E-state index in [4.69, 9.17) is 28.4 Å². The molecule has 9 nitrogen and oxygen atoms in total. The van der Waals surface area contributed by atoms with Crippen molar-refractivity contribution in [2.24, 2.45) is 0 Å². The smallest absolute Gasteiger partial charge is 0.222 e. The molecule has 2 atom stereocenters. The molecular formula is C39H39N3O6. The van der Waals surface area contributed by atoms with E-state index in [-0.39, 0.29) is 0 Å². The van der Waals surface area contributed by atoms with E-state index in [1.165, 1.54) is 0 Å². The van der Waals surface area contributed by atoms with Crippen molar-refractivity contribution in [2.75, 3.05) is 52.6 Å². The van der Waals surface area contributed by atoms with Gasteiger partial charge in [0.1, 0.15) is 36.2 Å². The van der Waals surface area contributed by atoms with E-state index < -0.39 is 0 Å². The SMILES string of the molecule is c1cc(Oc2ccc(-c3ccc(OCCNCC4CO4)cc3)cc2)nc(Oc2ccc(-c3ccc(OCCNCC4CO4)cc3)cc2)c1. The minimum absolute atomic E-state index is 0.384. The van der Waals surface area contributed by atoms with Gasteiger partial charge < -0.3 is 39.1 Å². The molecule has 2 saturated heterocycles. The fourth-order valence-corrected chi connectivity index (χ4v) is 5.05. The number of pyridine rings is 1. The first-order valence-corrected chi connectivity index (χ1v) is 16.4. The molecule has 2 aliphatic rings. The van der Waals surface area contributed by atoms with Gasteiger partial charge in [0.05, 0.1) is 25.4 Å². The van der Waals surface area contributed by atoms with Crippen LogP contribution in [0.25, 0.3) is 22.3 Å². The lowest BCUT2D eigenvalue weighted by Gasteiger charge is -2.10. The monoisotopic (exact) mass is 645 g/mol. The Labute approximate surface area is 280 Å². The first kappa shape index (κ1) is 31.7. The lowest BCUT2D eigenvalue weighted by Crippen LogP contribution is -2.25. The van der Waals surface area contributed by atoms with Crippen molar-refractivity contribution in [1.82, 2.24) is 15.6 Å². The predicted molar refractivity (Wildman–Crippen MR) is 184 cm³/mol. The summed E-state index contributed by atoms with van der Waals surface area (Å²) in [6, 6.07) is 37.6. The molecule has 2 aliphatic heterocycles. The summed E-state index contributed by atoms with van der Waals surface area (Å²) in [4.78, 5) is 4.55. The van der Waals surface area contributed by atoms with Crippen molar-refractivity contribution in [1.29, 1.82) is 0 Å². The molecule has 2 fully saturated rings. The van der Waals surface area contributed by atoms with Gasteiger partial charge in [-0.2, -0.15) is 4.98 Å². The number of aromatic nitrogens is 1. The van der Waals surface area contributed by atoms with Crippen molar-refractivity contribution < 1.29 is 28.4 Å². The fourth-order valence-electron chi connectivity index (χ4n) is 5.05. The van der Waals surface area contributed by atoms with Crippen LogP contribution in [0.2, 0.25) is 0 Å². The standard InChI is InChI=1S/C39H39N3O6/c1-2-38(47-34-16-8-30(9-17-34)28-4-12-32(13-5-28)43-22-20-40-24-36-26-45-36)42-39(3-1)48-35-18-10-31(11-19-35)29-6-14-33(15-7-29)44-23-21-41-25-37-27-46-37/h1-19,36-37,40-41H,20-27H2. The highest BCUT2D eigenvalue weighted by molar-refractivity contribution is 5.66. The average molecular weight is 646 g/mol. The Morgan fingerprint density at radius 2 is 0.854 bits per heavy atom. The number of nitrogens with one attached hydrogen (secondary N) is 2. The number of rotatable bonds is 18. The Kier molecular flexibility index (Phi) is 10.4. The first-order valence-electron chi connectivity index (χ1n) is 16.4. The minimum atomic E-state index is 0.384. The van der Waals surface area contributed by atoms with Crippen molar-refractivity contribution in [2.45, 2.75) is 12.2 Å². The first-order chi connectivity index (χ1) is 23.7. The van der Waals surface area contributed by atoms with Gasteiger partial charge in [0.15, 0.2) is 0 Å². The van der Waals surface area contributed by atoms with Crippen LogP contribution in [0.4, 0.5) is 0 Å². The van der Waals surface area contributed by atoms with Crippen molar-refractivity contribution in [3.63, 3.8) is 0 Å². The maximum Gasteiger partial charge on any atom is 0.222 e. The van der Waals surface area contributed by atoms with Gasteiger partial charge in [0, 0.05) is 38.3 Å². The molecule has 5 aromatic rings. The van der Waals surface area contributed by atoms with E-state index in [0.717, 1.165) is 73.1 Å². The Bertz CT molecular complexity index is 1600. The molecule has 4 aromatic carbocycles. The van der Waals surface area contributed by atoms with Crippen molar-refractivity contribution in [3.8, 4) is 57.0 Å². The molecule has 246 valence electrons. The van der Waals surface area contributed by atoms with Crippen molar-refractivity contribution in [3.05, 3.63) is 115 Å². The number of benzene rings is 4. The van der Waals surface area contributed by atoms with Crippen LogP contribution in [-0.4, -0.2) is 69.8 Å². The van der Waals surface area contributed by atoms with Crippen LogP contribution in [0.3, 0.4) is 0 Å². The molecule has 0 spiro atoms. The zero-order valence-electron chi connectivity index (χ0n) is 26.7. The van der Waals surface area contributed by atoms with Crippen LogP contribution < -0.4 is 29.6 Å². The third-order valence-corrected chi connectivity index (χ3v) is 7.87. The number of hydrogen-bond donors (Lipinski definition) is 2. The zero-order valence-corrected chi connectivity index (χ0v) is 26.7. The molecule has 0 bridgehead atoms. The van der Waals surface area contributed by atoms with Gasteiger partial charge in [0.2, 0.25) is 11.8 Å². The summed E-state index contributed by atoms with van der Waals surface area (Å²) < 4.78 is 34.1. The molecule has 0 amide bonds. The summed E-state index contributed by atoms with van der Waals surface area (Å²) in [6.07, 6.45) is 0.767. The van der Waals surface area contributed by atoms with Crippen LogP contribution in [0.1, 0.15) is 0 Å². The summed E-state index contributed by atoms with van der Waals surface area (Å²) >= 11 is 0. The highest BCUT2D eigenvalue weighted by atomic mass is 16.6. The van der Waals surface area contributed by atoms with E-state index in [1.807, 2.05) is 91.0 Å². The third-order valence-electron chi connectivity index (χ3n) is 7.87. The number of epoxide rings is 2. The molecule has 0 saturated carbocycles. The summed E-state index contributed by atoms with van der Waals surface area (Å²) in [5.41, 5.74) is 4.37. The van der Waals surface area contributed by atoms with E-state index >= 15 is 0 Å². The van der Waals surface area contributed by atoms with Crippen LogP contribution in [-0.2, 0) is 9.47 Å². The highest BCUT2D eigenvalue weighted by Crippen LogP contribution is 2.30. The predicted octanol–water partition coefficient (Wildman–Crippen LogP) is 6.73. The third kappa shape index (κ3) is 9.56. The Balaban J connectivity index is 0.870. The van der Waals surface area contributed by atoms with Gasteiger partial charge in [-0.05, 0) is 70.8 Å². The van der Waals surface area contributed by atoms with Gasteiger partial charge in [-0.25, -0.2) is 0 Å². The van der Waals surface area contributed by atoms with Crippen LogP contribution in [0.5, 0.6) is 34.8 Å². The van der Waals surface area contributed by atoms with Gasteiger partial charge in [0.25, 0.3) is 0 Å². The molecule has 2 unspecified atom stereocenters. The van der Waals surface area contributed by atoms with Crippen LogP contribution in [0.15, 0.2) is 115 Å². The van der Waals surface area contributed by atoms with E-state index in [2.05, 4.69) is 39.9 Å². The molecule has 1 aromatic heterocycles. The maximum atomic E-state index is 6.04. The second-order valence-corrected chi connectivity index (χ2v) is 11.6. The fraction of sp³-hybridized carbons (Fsp3) is 0.256. The minimum Gasteiger partial charge on any atom is -0.492 e. The molecule has 0 aliphatic carbocycles. The Morgan fingerprint density at radius 3 is 1.21 bits per heavy atom. The van der Waals surface area contributed by atoms with Crippen molar-refractivity contribution >= 4 is 0 Å². The summed E-state index contributed by atoms with van der Waals surface area (Å²) in [5, 5.41) is 6.66. The molecule has 3 heterocycles. The summed E-state index contributed by atoms with van der Waals surface area (Å²) in [7, 11) is 0. The maximum absolute atomic E-state index is 6.04. The molecule has 48 heavy (non-hydrogen) atoms. The molecular weight excluding hydrogens is 606 g/mol. The number of hydrogen-bond acceptors (Lipinski definition) is 9. The van der Waals surface area contributed by atoms with E-state index in [1.54, 1.807) is 0 Å². The average Bonchev–Trinajstić information content (AvgIpc) is 4.07. The second kappa shape index (κ2) is 15.8. The molecule has 2 N–H and O–H groups in total. The van der Waals surface area contributed by atoms with Crippen LogP contribution >= 0.6 is 0 Å². The van der Waals surface area contributed by atoms with E-state index in [0.29, 0.717) is 48.7 Å². The summed E-state index contributed by atoms with van der Waals surface area (Å²) in [5.74, 6) is 3.98. The number of ether oxygens (including phenoxy) is 6. The summed E-state index contributed by atoms with van der Waals surface area (Å²) in [6.45, 7) is 6.32. The van der Waals surface area contributed by atoms with Gasteiger partial charge >= 0.3 is 0 Å². The Hall–Kier alpha value is -4.93. The highest BCUT2D eigenvalue weighted by Gasteiger charge is 2.21. The van der Waals surface area contributed by atoms with Gasteiger partial charge in [-0.3, -0.25) is 0 Å². The molecule has 9 heteroatoms. The number of nitrogens with zero attached hydrogens (tertiary/aromatic N) is 1. The lowest BCUT2D eigenvalue weighted by molar-refractivity contribution is 0.309. The van der Waals surface area contributed by atoms with Gasteiger partial charge in [-0.15, -0.1) is 0 Å². The molecule has 7 rings (SSSR count). The zero-order chi connectivity index (χ0) is 32.4. The topological polar surface area (TPSA) is 98.9 Å². The van der Waals surface area contributed by atoms with Crippen LogP contribution in [0, 0.1) is 0 Å². The molecule has 0 radical (unpaired) electrons. The van der Waals surface area contributed by atoms with E-state index in [9.17, 15) is 0 Å². The second-order valence-electron chi connectivity index (χ2n) is 11.6. The lowest BCUT2D eigenvalue weighted by atomic mass is 10.1. The Morgan fingerprint density at radius 1 is 0.500 bits per heavy atom. The van der Waals surface area contributed by atoms with Gasteiger partial charge in [-0.1, -0.05) is 54.6 Å². The normalized spacial score (nSPS) is 16.2. The largest absolute Gasteiger partial charge is 0.492 e. The quantitative estimate of drug-likeness (QED) is 0.0794.